The number of nitrogens with zero attached hydrogens (tertiary/aromatic N) is 6. The number of hydrogen-bond acceptors (Lipinski definition) is 5. The molecule has 2 aromatic heterocycles. The molecule has 0 radical (unpaired) electrons. The average Bonchev–Trinajstić information content (AvgIpc) is 3.25. The van der Waals surface area contributed by atoms with Crippen LogP contribution in [0.3, 0.4) is 0 Å². The molecule has 7 nitrogen and oxygen atoms in total. The van der Waals surface area contributed by atoms with E-state index in [-0.39, 0.29) is 11.9 Å². The molecule has 1 saturated heterocycles. The molecule has 2 unspecified atom stereocenters. The van der Waals surface area contributed by atoms with Gasteiger partial charge in [0.15, 0.2) is 0 Å². The summed E-state index contributed by atoms with van der Waals surface area (Å²) in [4.78, 5) is 26.6. The first-order chi connectivity index (χ1) is 13.4. The Bertz CT molecular complexity index is 876. The summed E-state index contributed by atoms with van der Waals surface area (Å²) in [5, 5.41) is 4.52. The summed E-state index contributed by atoms with van der Waals surface area (Å²) >= 11 is 0. The van der Waals surface area contributed by atoms with E-state index in [1.165, 1.54) is 0 Å². The van der Waals surface area contributed by atoms with Crippen LogP contribution in [0.5, 0.6) is 0 Å². The van der Waals surface area contributed by atoms with Crippen molar-refractivity contribution in [3.8, 4) is 0 Å². The molecule has 0 saturated carbocycles. The van der Waals surface area contributed by atoms with Crippen molar-refractivity contribution >= 4 is 5.91 Å². The second-order valence-corrected chi connectivity index (χ2v) is 8.44. The normalized spacial score (nSPS) is 21.0. The van der Waals surface area contributed by atoms with E-state index in [2.05, 4.69) is 35.0 Å². The smallest absolute Gasteiger partial charge is 0.225 e. The Morgan fingerprint density at radius 2 is 2.14 bits per heavy atom. The quantitative estimate of drug-likeness (QED) is 0.811. The van der Waals surface area contributed by atoms with Crippen LogP contribution in [-0.4, -0.2) is 62.1 Å². The van der Waals surface area contributed by atoms with E-state index in [9.17, 15) is 4.79 Å². The minimum atomic E-state index is 0.0561. The molecule has 0 N–H and O–H groups in total. The zero-order valence-corrected chi connectivity index (χ0v) is 17.4. The lowest BCUT2D eigenvalue weighted by atomic mass is 10.0. The molecular formula is C21H30N6O. The molecule has 7 heteroatoms. The largest absolute Gasteiger partial charge is 0.338 e. The van der Waals surface area contributed by atoms with Gasteiger partial charge in [-0.25, -0.2) is 9.97 Å². The third kappa shape index (κ3) is 3.81. The summed E-state index contributed by atoms with van der Waals surface area (Å²) in [6, 6.07) is 2.11. The molecule has 2 aliphatic heterocycles. The standard InChI is InChI=1S/C21H30N6O/c1-14-9-15(2)27(24-14)16(3)10-20(28)26-8-6-19-18(13-26)11-22-21(23-19)17-5-7-25(4)12-17/h9,11,16-17H,5-8,10,12-13H2,1-4H3. The molecule has 1 amide bonds. The molecule has 1 fully saturated rings. The fourth-order valence-electron chi connectivity index (χ4n) is 4.45. The maximum atomic E-state index is 12.9. The first-order valence-corrected chi connectivity index (χ1v) is 10.2. The van der Waals surface area contributed by atoms with E-state index >= 15 is 0 Å². The van der Waals surface area contributed by atoms with E-state index in [0.29, 0.717) is 18.9 Å². The summed E-state index contributed by atoms with van der Waals surface area (Å²) in [6.07, 6.45) is 4.35. The zero-order valence-electron chi connectivity index (χ0n) is 17.4. The molecule has 2 aromatic rings. The van der Waals surface area contributed by atoms with Crippen molar-refractivity contribution < 1.29 is 4.79 Å². The number of hydrogen-bond donors (Lipinski definition) is 0. The fourth-order valence-corrected chi connectivity index (χ4v) is 4.45. The van der Waals surface area contributed by atoms with Gasteiger partial charge in [-0.1, -0.05) is 0 Å². The van der Waals surface area contributed by atoms with Crippen LogP contribution in [0.4, 0.5) is 0 Å². The van der Waals surface area contributed by atoms with Gasteiger partial charge in [0, 0.05) is 55.8 Å². The van der Waals surface area contributed by atoms with Gasteiger partial charge in [-0.05, 0) is 46.9 Å². The Morgan fingerprint density at radius 1 is 1.32 bits per heavy atom. The van der Waals surface area contributed by atoms with E-state index in [4.69, 9.17) is 4.98 Å². The Balaban J connectivity index is 1.40. The third-order valence-corrected chi connectivity index (χ3v) is 5.99. The maximum absolute atomic E-state index is 12.9. The van der Waals surface area contributed by atoms with Gasteiger partial charge in [0.2, 0.25) is 5.91 Å². The number of likely N-dealkylation sites (N-methyl/N-ethyl adjacent to an activating group) is 1. The van der Waals surface area contributed by atoms with Crippen molar-refractivity contribution in [2.75, 3.05) is 26.7 Å². The number of aryl methyl sites for hydroxylation is 2. The lowest BCUT2D eigenvalue weighted by Gasteiger charge is -2.29. The maximum Gasteiger partial charge on any atom is 0.225 e. The van der Waals surface area contributed by atoms with E-state index in [1.807, 2.05) is 29.6 Å². The van der Waals surface area contributed by atoms with Crippen LogP contribution in [0, 0.1) is 13.8 Å². The van der Waals surface area contributed by atoms with Crippen molar-refractivity contribution in [1.29, 1.82) is 0 Å². The molecule has 0 spiro atoms. The van der Waals surface area contributed by atoms with E-state index in [1.54, 1.807) is 0 Å². The highest BCUT2D eigenvalue weighted by atomic mass is 16.2. The van der Waals surface area contributed by atoms with Crippen molar-refractivity contribution in [3.63, 3.8) is 0 Å². The Labute approximate surface area is 166 Å². The highest BCUT2D eigenvalue weighted by Crippen LogP contribution is 2.26. The van der Waals surface area contributed by atoms with Gasteiger partial charge in [0.1, 0.15) is 5.82 Å². The average molecular weight is 383 g/mol. The lowest BCUT2D eigenvalue weighted by Crippen LogP contribution is -2.37. The molecule has 4 rings (SSSR count). The predicted octanol–water partition coefficient (Wildman–Crippen LogP) is 2.25. The predicted molar refractivity (Wildman–Crippen MR) is 107 cm³/mol. The Hall–Kier alpha value is -2.28. The van der Waals surface area contributed by atoms with Crippen LogP contribution < -0.4 is 0 Å². The molecule has 0 aromatic carbocycles. The molecule has 150 valence electrons. The Morgan fingerprint density at radius 3 is 2.82 bits per heavy atom. The number of likely N-dealkylation sites (tertiary alicyclic amines) is 1. The van der Waals surface area contributed by atoms with Crippen LogP contribution in [-0.2, 0) is 17.8 Å². The van der Waals surface area contributed by atoms with Gasteiger partial charge in [0.05, 0.1) is 17.4 Å². The van der Waals surface area contributed by atoms with Crippen LogP contribution >= 0.6 is 0 Å². The number of carbonyl (C=O) groups excluding carboxylic acids is 1. The van der Waals surface area contributed by atoms with Crippen LogP contribution in [0.15, 0.2) is 12.3 Å². The number of fused-ring (bicyclic) bond motifs is 1. The van der Waals surface area contributed by atoms with Gasteiger partial charge in [-0.3, -0.25) is 9.48 Å². The van der Waals surface area contributed by atoms with Gasteiger partial charge in [-0.2, -0.15) is 5.10 Å². The van der Waals surface area contributed by atoms with E-state index in [0.717, 1.165) is 60.9 Å². The molecule has 0 bridgehead atoms. The van der Waals surface area contributed by atoms with Gasteiger partial charge in [0.25, 0.3) is 0 Å². The minimum Gasteiger partial charge on any atom is -0.338 e. The third-order valence-electron chi connectivity index (χ3n) is 5.99. The number of aromatic nitrogens is 4. The van der Waals surface area contributed by atoms with Crippen LogP contribution in [0.2, 0.25) is 0 Å². The summed E-state index contributed by atoms with van der Waals surface area (Å²) in [6.45, 7) is 9.57. The van der Waals surface area contributed by atoms with E-state index < -0.39 is 0 Å². The number of amides is 1. The molecule has 2 aliphatic rings. The monoisotopic (exact) mass is 382 g/mol. The second-order valence-electron chi connectivity index (χ2n) is 8.44. The molecule has 0 aliphatic carbocycles. The molecule has 2 atom stereocenters. The Kier molecular flexibility index (Phi) is 5.19. The van der Waals surface area contributed by atoms with Crippen LogP contribution in [0.25, 0.3) is 0 Å². The zero-order chi connectivity index (χ0) is 19.8. The second kappa shape index (κ2) is 7.62. The summed E-state index contributed by atoms with van der Waals surface area (Å²) < 4.78 is 1.96. The highest BCUT2D eigenvalue weighted by molar-refractivity contribution is 5.76. The minimum absolute atomic E-state index is 0.0561. The van der Waals surface area contributed by atoms with Crippen molar-refractivity contribution in [2.45, 2.75) is 58.5 Å². The molecule has 4 heterocycles. The van der Waals surface area contributed by atoms with Gasteiger partial charge >= 0.3 is 0 Å². The first-order valence-electron chi connectivity index (χ1n) is 10.2. The lowest BCUT2D eigenvalue weighted by molar-refractivity contribution is -0.133. The number of rotatable bonds is 4. The summed E-state index contributed by atoms with van der Waals surface area (Å²) in [5.41, 5.74) is 4.30. The van der Waals surface area contributed by atoms with Gasteiger partial charge < -0.3 is 9.80 Å². The first kappa shape index (κ1) is 19.1. The van der Waals surface area contributed by atoms with Crippen molar-refractivity contribution in [2.24, 2.45) is 0 Å². The topological polar surface area (TPSA) is 67.2 Å². The summed E-state index contributed by atoms with van der Waals surface area (Å²) in [5.74, 6) is 1.59. The van der Waals surface area contributed by atoms with Crippen molar-refractivity contribution in [3.05, 3.63) is 40.7 Å². The number of carbonyl (C=O) groups is 1. The van der Waals surface area contributed by atoms with Crippen LogP contribution in [0.1, 0.15) is 60.2 Å². The molecule has 28 heavy (non-hydrogen) atoms. The highest BCUT2D eigenvalue weighted by Gasteiger charge is 2.27. The van der Waals surface area contributed by atoms with Gasteiger partial charge in [-0.15, -0.1) is 0 Å². The molecular weight excluding hydrogens is 352 g/mol. The fraction of sp³-hybridized carbons (Fsp3) is 0.619. The van der Waals surface area contributed by atoms with Crippen molar-refractivity contribution in [1.82, 2.24) is 29.5 Å². The summed E-state index contributed by atoms with van der Waals surface area (Å²) in [7, 11) is 2.15. The SMILES string of the molecule is Cc1cc(C)n(C(C)CC(=O)N2CCc3nc(C4CCN(C)C4)ncc3C2)n1.